The third-order valence-corrected chi connectivity index (χ3v) is 3.32. The number of aromatic nitrogens is 1. The van der Waals surface area contributed by atoms with E-state index in [1.165, 1.54) is 6.20 Å². The van der Waals surface area contributed by atoms with E-state index in [1.807, 2.05) is 31.2 Å². The van der Waals surface area contributed by atoms with E-state index in [-0.39, 0.29) is 11.7 Å². The minimum atomic E-state index is -0.394. The van der Waals surface area contributed by atoms with Crippen LogP contribution in [0, 0.1) is 16.0 Å². The van der Waals surface area contributed by atoms with Gasteiger partial charge in [0.05, 0.1) is 10.4 Å². The molecule has 1 N–H and O–H groups in total. The number of benzene rings is 1. The summed E-state index contributed by atoms with van der Waals surface area (Å²) in [7, 11) is 0. The molecule has 1 heterocycles. The van der Waals surface area contributed by atoms with Crippen LogP contribution >= 0.6 is 0 Å². The summed E-state index contributed by atoms with van der Waals surface area (Å²) in [5, 5.41) is 15.2. The number of pyridine rings is 1. The summed E-state index contributed by atoms with van der Waals surface area (Å²) in [5.41, 5.74) is 1.33. The number of nitrogens with one attached hydrogen (secondary N) is 1. The zero-order valence-electron chi connectivity index (χ0n) is 11.3. The Hall–Kier alpha value is -2.17. The molecule has 0 aliphatic heterocycles. The summed E-state index contributed by atoms with van der Waals surface area (Å²) in [5.74, 6) is 0.381. The molecule has 0 radical (unpaired) electrons. The lowest BCUT2D eigenvalue weighted by Crippen LogP contribution is -2.22. The fourth-order valence-corrected chi connectivity index (χ4v) is 1.82. The zero-order valence-corrected chi connectivity index (χ0v) is 11.3. The second-order valence-electron chi connectivity index (χ2n) is 4.97. The Balaban J connectivity index is 2.59. The molecule has 0 saturated carbocycles. The molecule has 0 bridgehead atoms. The molecular formula is C14H17N3O2. The van der Waals surface area contributed by atoms with Crippen molar-refractivity contribution in [3.8, 4) is 0 Å². The van der Waals surface area contributed by atoms with Gasteiger partial charge in [-0.3, -0.25) is 10.1 Å². The maximum absolute atomic E-state index is 11.1. The predicted octanol–water partition coefficient (Wildman–Crippen LogP) is 3.60. The van der Waals surface area contributed by atoms with E-state index in [4.69, 9.17) is 0 Å². The van der Waals surface area contributed by atoms with Crippen molar-refractivity contribution in [1.82, 2.24) is 4.98 Å². The van der Waals surface area contributed by atoms with Gasteiger partial charge in [-0.1, -0.05) is 32.0 Å². The molecular weight excluding hydrogens is 242 g/mol. The fourth-order valence-electron chi connectivity index (χ4n) is 1.82. The van der Waals surface area contributed by atoms with Crippen LogP contribution in [0.5, 0.6) is 0 Å². The van der Waals surface area contributed by atoms with Gasteiger partial charge in [0.1, 0.15) is 11.9 Å². The van der Waals surface area contributed by atoms with Crippen molar-refractivity contribution < 1.29 is 4.92 Å². The number of hydrogen-bond acceptors (Lipinski definition) is 4. The Labute approximate surface area is 111 Å². The van der Waals surface area contributed by atoms with Crippen molar-refractivity contribution in [2.75, 3.05) is 5.32 Å². The third-order valence-electron chi connectivity index (χ3n) is 3.32. The van der Waals surface area contributed by atoms with Crippen LogP contribution in [-0.2, 0) is 0 Å². The summed E-state index contributed by atoms with van der Waals surface area (Å²) in [6.45, 7) is 6.17. The Kier molecular flexibility index (Phi) is 3.64. The quantitative estimate of drug-likeness (QED) is 0.672. The molecule has 1 aromatic heterocycles. The highest BCUT2D eigenvalue weighted by molar-refractivity contribution is 5.95. The van der Waals surface area contributed by atoms with Gasteiger partial charge in [-0.25, -0.2) is 4.98 Å². The van der Waals surface area contributed by atoms with Crippen LogP contribution in [0.15, 0.2) is 30.5 Å². The Bertz CT molecular complexity index is 611. The van der Waals surface area contributed by atoms with Crippen LogP contribution in [0.25, 0.3) is 10.9 Å². The molecule has 5 nitrogen and oxygen atoms in total. The Morgan fingerprint density at radius 3 is 2.58 bits per heavy atom. The van der Waals surface area contributed by atoms with Gasteiger partial charge in [0.25, 0.3) is 0 Å². The molecule has 0 aliphatic rings. The molecule has 1 aromatic carbocycles. The molecule has 2 rings (SSSR count). The van der Waals surface area contributed by atoms with Crippen LogP contribution in [0.1, 0.15) is 20.8 Å². The first-order valence-corrected chi connectivity index (χ1v) is 6.29. The first-order chi connectivity index (χ1) is 9.00. The fraction of sp³-hybridized carbons (Fsp3) is 0.357. The highest BCUT2D eigenvalue weighted by Crippen LogP contribution is 2.32. The number of hydrogen-bond donors (Lipinski definition) is 1. The lowest BCUT2D eigenvalue weighted by molar-refractivity contribution is -0.384. The zero-order chi connectivity index (χ0) is 14.0. The van der Waals surface area contributed by atoms with Crippen molar-refractivity contribution in [1.29, 1.82) is 0 Å². The molecule has 100 valence electrons. The molecule has 2 aromatic rings. The lowest BCUT2D eigenvalue weighted by Gasteiger charge is -2.19. The number of anilines is 1. The van der Waals surface area contributed by atoms with Gasteiger partial charge >= 0.3 is 5.69 Å². The highest BCUT2D eigenvalue weighted by Gasteiger charge is 2.20. The SMILES string of the molecule is CC(C)[C@H](C)Nc1c([N+](=O)[O-])cnc2ccccc12. The predicted molar refractivity (Wildman–Crippen MR) is 76.3 cm³/mol. The first-order valence-electron chi connectivity index (χ1n) is 6.29. The van der Waals surface area contributed by atoms with Crippen LogP contribution in [0.2, 0.25) is 0 Å². The second kappa shape index (κ2) is 5.22. The highest BCUT2D eigenvalue weighted by atomic mass is 16.6. The van der Waals surface area contributed by atoms with E-state index >= 15 is 0 Å². The maximum Gasteiger partial charge on any atom is 0.311 e. The molecule has 0 amide bonds. The summed E-state index contributed by atoms with van der Waals surface area (Å²) < 4.78 is 0. The van der Waals surface area contributed by atoms with Gasteiger partial charge in [-0.2, -0.15) is 0 Å². The van der Waals surface area contributed by atoms with Crippen LogP contribution in [-0.4, -0.2) is 15.9 Å². The van der Waals surface area contributed by atoms with E-state index in [0.29, 0.717) is 11.6 Å². The topological polar surface area (TPSA) is 68.1 Å². The summed E-state index contributed by atoms with van der Waals surface area (Å²) in [6.07, 6.45) is 1.32. The van der Waals surface area contributed by atoms with Crippen molar-refractivity contribution >= 4 is 22.3 Å². The summed E-state index contributed by atoms with van der Waals surface area (Å²) in [4.78, 5) is 14.9. The largest absolute Gasteiger partial charge is 0.376 e. The number of fused-ring (bicyclic) bond motifs is 1. The van der Waals surface area contributed by atoms with Crippen LogP contribution in [0.3, 0.4) is 0 Å². The molecule has 0 saturated heterocycles. The summed E-state index contributed by atoms with van der Waals surface area (Å²) in [6, 6.07) is 7.58. The van der Waals surface area contributed by atoms with Gasteiger partial charge in [0, 0.05) is 11.4 Å². The third kappa shape index (κ3) is 2.65. The van der Waals surface area contributed by atoms with E-state index in [0.717, 1.165) is 10.9 Å². The molecule has 0 spiro atoms. The Morgan fingerprint density at radius 2 is 1.95 bits per heavy atom. The average Bonchev–Trinajstić information content (AvgIpc) is 2.38. The van der Waals surface area contributed by atoms with Gasteiger partial charge in [0.2, 0.25) is 0 Å². The van der Waals surface area contributed by atoms with E-state index in [2.05, 4.69) is 24.1 Å². The van der Waals surface area contributed by atoms with Crippen LogP contribution in [0.4, 0.5) is 11.4 Å². The molecule has 0 unspecified atom stereocenters. The molecule has 0 fully saturated rings. The van der Waals surface area contributed by atoms with E-state index < -0.39 is 4.92 Å². The van der Waals surface area contributed by atoms with Gasteiger partial charge in [-0.15, -0.1) is 0 Å². The normalized spacial score (nSPS) is 12.6. The number of nitro groups is 1. The second-order valence-corrected chi connectivity index (χ2v) is 4.97. The van der Waals surface area contributed by atoms with Crippen LogP contribution < -0.4 is 5.32 Å². The number of para-hydroxylation sites is 1. The molecule has 5 heteroatoms. The van der Waals surface area contributed by atoms with Gasteiger partial charge < -0.3 is 5.32 Å². The monoisotopic (exact) mass is 259 g/mol. The number of nitrogens with zero attached hydrogens (tertiary/aromatic N) is 2. The average molecular weight is 259 g/mol. The summed E-state index contributed by atoms with van der Waals surface area (Å²) >= 11 is 0. The van der Waals surface area contributed by atoms with Gasteiger partial charge in [-0.05, 0) is 18.9 Å². The molecule has 0 aliphatic carbocycles. The smallest absolute Gasteiger partial charge is 0.311 e. The molecule has 1 atom stereocenters. The Morgan fingerprint density at radius 1 is 1.26 bits per heavy atom. The standard InChI is InChI=1S/C14H17N3O2/c1-9(2)10(3)16-14-11-6-4-5-7-12(11)15-8-13(14)17(18)19/h4-10H,1-3H3,(H,15,16)/t10-/m0/s1. The van der Waals surface area contributed by atoms with Crippen molar-refractivity contribution in [3.63, 3.8) is 0 Å². The van der Waals surface area contributed by atoms with Crippen molar-refractivity contribution in [2.45, 2.75) is 26.8 Å². The maximum atomic E-state index is 11.1. The first kappa shape index (κ1) is 13.3. The molecule has 19 heavy (non-hydrogen) atoms. The van der Waals surface area contributed by atoms with Crippen molar-refractivity contribution in [2.24, 2.45) is 5.92 Å². The minimum absolute atomic E-state index is 0.0196. The van der Waals surface area contributed by atoms with Crippen molar-refractivity contribution in [3.05, 3.63) is 40.6 Å². The van der Waals surface area contributed by atoms with E-state index in [1.54, 1.807) is 0 Å². The van der Waals surface area contributed by atoms with Gasteiger partial charge in [0.15, 0.2) is 0 Å². The minimum Gasteiger partial charge on any atom is -0.376 e. The van der Waals surface area contributed by atoms with E-state index in [9.17, 15) is 10.1 Å². The lowest BCUT2D eigenvalue weighted by atomic mass is 10.1. The number of rotatable bonds is 4.